The van der Waals surface area contributed by atoms with Crippen molar-refractivity contribution < 1.29 is 14.3 Å². The first kappa shape index (κ1) is 18.3. The van der Waals surface area contributed by atoms with E-state index in [2.05, 4.69) is 39.8 Å². The van der Waals surface area contributed by atoms with E-state index >= 15 is 0 Å². The summed E-state index contributed by atoms with van der Waals surface area (Å²) in [6.45, 7) is 8.23. The predicted octanol–water partition coefficient (Wildman–Crippen LogP) is 5.09. The lowest BCUT2D eigenvalue weighted by molar-refractivity contribution is -0.150. The molecule has 1 unspecified atom stereocenters. The minimum atomic E-state index is -0.932. The van der Waals surface area contributed by atoms with Gasteiger partial charge in [-0.05, 0) is 35.5 Å². The van der Waals surface area contributed by atoms with E-state index in [9.17, 15) is 10.1 Å². The maximum Gasteiger partial charge on any atom is 0.311 e. The van der Waals surface area contributed by atoms with Crippen molar-refractivity contribution in [1.82, 2.24) is 0 Å². The van der Waals surface area contributed by atoms with Gasteiger partial charge in [0.05, 0.1) is 5.92 Å². The maximum atomic E-state index is 12.6. The van der Waals surface area contributed by atoms with Gasteiger partial charge in [-0.25, -0.2) is 0 Å². The van der Waals surface area contributed by atoms with Crippen LogP contribution in [0.2, 0.25) is 0 Å². The number of rotatable bonds is 5. The van der Waals surface area contributed by atoms with Gasteiger partial charge in [-0.3, -0.25) is 4.79 Å². The summed E-state index contributed by atoms with van der Waals surface area (Å²) >= 11 is 0. The highest BCUT2D eigenvalue weighted by Crippen LogP contribution is 2.68. The average Bonchev–Trinajstić information content (AvgIpc) is 3.02. The Morgan fingerprint density at radius 2 is 2.00 bits per heavy atom. The molecule has 4 nitrogen and oxygen atoms in total. The summed E-state index contributed by atoms with van der Waals surface area (Å²) < 4.78 is 11.4. The number of ether oxygens (including phenoxy) is 2. The molecule has 0 saturated heterocycles. The average molecular weight is 351 g/mol. The van der Waals surface area contributed by atoms with E-state index in [0.29, 0.717) is 11.3 Å². The molecule has 1 fully saturated rings. The molecule has 2 aliphatic rings. The summed E-state index contributed by atoms with van der Waals surface area (Å²) in [5.41, 5.74) is 0.396. The number of nitrogens with zero attached hydrogens (tertiary/aromatic N) is 1. The molecule has 1 saturated carbocycles. The Balaban J connectivity index is 1.72. The van der Waals surface area contributed by atoms with Gasteiger partial charge in [-0.2, -0.15) is 5.26 Å². The Morgan fingerprint density at radius 1 is 1.27 bits per heavy atom. The van der Waals surface area contributed by atoms with Gasteiger partial charge in [0.2, 0.25) is 6.10 Å². The van der Waals surface area contributed by atoms with E-state index in [1.54, 1.807) is 12.1 Å². The van der Waals surface area contributed by atoms with Crippen LogP contribution < -0.4 is 4.74 Å². The molecule has 0 aromatic heterocycles. The number of hydrogen-bond acceptors (Lipinski definition) is 4. The molecule has 4 heteroatoms. The highest BCUT2D eigenvalue weighted by molar-refractivity contribution is 5.79. The van der Waals surface area contributed by atoms with Crippen LogP contribution in [-0.2, 0) is 9.53 Å². The second-order valence-electron chi connectivity index (χ2n) is 8.10. The van der Waals surface area contributed by atoms with Crippen LogP contribution in [0, 0.1) is 28.1 Å². The molecule has 0 spiro atoms. The predicted molar refractivity (Wildman–Crippen MR) is 99.0 cm³/mol. The molecule has 0 radical (unpaired) electrons. The fraction of sp³-hybridized carbons (Fsp3) is 0.455. The normalized spacial score (nSPS) is 21.3. The molecule has 3 rings (SSSR count). The molecule has 26 heavy (non-hydrogen) atoms. The quantitative estimate of drug-likeness (QED) is 0.693. The van der Waals surface area contributed by atoms with E-state index < -0.39 is 6.10 Å². The van der Waals surface area contributed by atoms with Gasteiger partial charge in [0.25, 0.3) is 0 Å². The highest BCUT2D eigenvalue weighted by Gasteiger charge is 2.69. The fourth-order valence-corrected chi connectivity index (χ4v) is 3.70. The van der Waals surface area contributed by atoms with Gasteiger partial charge < -0.3 is 9.47 Å². The maximum absolute atomic E-state index is 12.6. The Bertz CT molecular complexity index is 797. The van der Waals surface area contributed by atoms with Crippen LogP contribution in [0.15, 0.2) is 48.3 Å². The summed E-state index contributed by atoms with van der Waals surface area (Å²) in [4.78, 5) is 12.6. The first-order chi connectivity index (χ1) is 12.3. The molecule has 1 aromatic carbocycles. The second-order valence-corrected chi connectivity index (χ2v) is 8.10. The van der Waals surface area contributed by atoms with E-state index in [0.717, 1.165) is 18.6 Å². The van der Waals surface area contributed by atoms with E-state index in [1.807, 2.05) is 24.3 Å². The Kier molecular flexibility index (Phi) is 4.66. The fourth-order valence-electron chi connectivity index (χ4n) is 3.70. The monoisotopic (exact) mass is 351 g/mol. The van der Waals surface area contributed by atoms with Crippen LogP contribution in [0.1, 0.15) is 52.2 Å². The van der Waals surface area contributed by atoms with Gasteiger partial charge in [0, 0.05) is 12.0 Å². The van der Waals surface area contributed by atoms with Gasteiger partial charge in [-0.15, -0.1) is 0 Å². The molecular formula is C22H25NO3. The van der Waals surface area contributed by atoms with Gasteiger partial charge in [0.15, 0.2) is 0 Å². The van der Waals surface area contributed by atoms with Crippen molar-refractivity contribution in [2.75, 3.05) is 0 Å². The van der Waals surface area contributed by atoms with Gasteiger partial charge in [-0.1, -0.05) is 52.0 Å². The van der Waals surface area contributed by atoms with Crippen LogP contribution in [0.4, 0.5) is 0 Å². The Morgan fingerprint density at radius 3 is 2.58 bits per heavy atom. The molecule has 0 N–H and O–H groups in total. The molecule has 0 aliphatic heterocycles. The molecule has 1 atom stereocenters. The molecule has 0 bridgehead atoms. The number of benzene rings is 1. The van der Waals surface area contributed by atoms with Crippen LogP contribution in [0.25, 0.3) is 0 Å². The summed E-state index contributed by atoms with van der Waals surface area (Å²) in [5.74, 6) is 1.03. The molecule has 1 aromatic rings. The topological polar surface area (TPSA) is 59.3 Å². The zero-order valence-electron chi connectivity index (χ0n) is 15.8. The summed E-state index contributed by atoms with van der Waals surface area (Å²) in [6, 6.07) is 9.30. The van der Waals surface area contributed by atoms with Crippen molar-refractivity contribution in [2.24, 2.45) is 16.7 Å². The number of carbonyl (C=O) groups excluding carboxylic acids is 1. The SMILES string of the molecule is CC1(C)C(C(=O)OC(C#N)c2cccc(OC3=CC=CCC3)c2)C1(C)C. The van der Waals surface area contributed by atoms with Crippen LogP contribution in [0.3, 0.4) is 0 Å². The molecule has 136 valence electrons. The van der Waals surface area contributed by atoms with E-state index in [4.69, 9.17) is 9.47 Å². The molecule has 0 heterocycles. The molecule has 0 amide bonds. The smallest absolute Gasteiger partial charge is 0.311 e. The lowest BCUT2D eigenvalue weighted by atomic mass is 10.0. The minimum Gasteiger partial charge on any atom is -0.462 e. The first-order valence-corrected chi connectivity index (χ1v) is 9.01. The number of esters is 1. The standard InChI is InChI=1S/C22H25NO3/c1-21(2)19(22(21,3)4)20(24)26-18(14-23)15-9-8-12-17(13-15)25-16-10-6-5-7-11-16/h5-6,8-10,12-13,18-19H,7,11H2,1-4H3. The van der Waals surface area contributed by atoms with Crippen LogP contribution in [0.5, 0.6) is 5.75 Å². The van der Waals surface area contributed by atoms with Crippen molar-refractivity contribution >= 4 is 5.97 Å². The Labute approximate surface area is 155 Å². The van der Waals surface area contributed by atoms with Crippen LogP contribution in [-0.4, -0.2) is 5.97 Å². The van der Waals surface area contributed by atoms with E-state index in [-0.39, 0.29) is 22.7 Å². The summed E-state index contributed by atoms with van der Waals surface area (Å²) in [7, 11) is 0. The van der Waals surface area contributed by atoms with Gasteiger partial charge >= 0.3 is 5.97 Å². The van der Waals surface area contributed by atoms with E-state index in [1.165, 1.54) is 0 Å². The van der Waals surface area contributed by atoms with Crippen molar-refractivity contribution in [3.63, 3.8) is 0 Å². The van der Waals surface area contributed by atoms with Crippen molar-refractivity contribution in [3.05, 3.63) is 53.8 Å². The third-order valence-electron chi connectivity index (χ3n) is 5.99. The highest BCUT2D eigenvalue weighted by atomic mass is 16.5. The zero-order valence-corrected chi connectivity index (χ0v) is 15.8. The Hall–Kier alpha value is -2.54. The lowest BCUT2D eigenvalue weighted by Crippen LogP contribution is -2.15. The zero-order chi connectivity index (χ0) is 18.9. The second kappa shape index (κ2) is 6.64. The summed E-state index contributed by atoms with van der Waals surface area (Å²) in [5, 5.41) is 9.51. The van der Waals surface area contributed by atoms with Crippen molar-refractivity contribution in [3.8, 4) is 11.8 Å². The lowest BCUT2D eigenvalue weighted by Gasteiger charge is -2.15. The van der Waals surface area contributed by atoms with Gasteiger partial charge in [0.1, 0.15) is 17.6 Å². The minimum absolute atomic E-state index is 0.115. The first-order valence-electron chi connectivity index (χ1n) is 9.01. The van der Waals surface area contributed by atoms with Crippen LogP contribution >= 0.6 is 0 Å². The third-order valence-corrected chi connectivity index (χ3v) is 5.99. The van der Waals surface area contributed by atoms with Crippen molar-refractivity contribution in [1.29, 1.82) is 5.26 Å². The van der Waals surface area contributed by atoms with Crippen molar-refractivity contribution in [2.45, 2.75) is 46.6 Å². The molecule has 2 aliphatic carbocycles. The number of hydrogen-bond donors (Lipinski definition) is 0. The largest absolute Gasteiger partial charge is 0.462 e. The summed E-state index contributed by atoms with van der Waals surface area (Å²) in [6.07, 6.45) is 6.88. The number of allylic oxidation sites excluding steroid dienone is 4. The number of carbonyl (C=O) groups is 1. The third kappa shape index (κ3) is 3.26. The number of nitriles is 1. The molecular weight excluding hydrogens is 326 g/mol.